The third kappa shape index (κ3) is 4.04. The van der Waals surface area contributed by atoms with Crippen molar-refractivity contribution in [3.8, 4) is 0 Å². The molecule has 0 spiro atoms. The molecule has 0 atom stereocenters. The average molecular weight is 312 g/mol. The fraction of sp³-hybridized carbons (Fsp3) is 0.353. The second-order valence-corrected chi connectivity index (χ2v) is 5.64. The Kier molecular flexibility index (Phi) is 4.83. The number of aromatic nitrogens is 2. The summed E-state index contributed by atoms with van der Waals surface area (Å²) < 4.78 is 4.72. The van der Waals surface area contributed by atoms with Gasteiger partial charge in [-0.2, -0.15) is 0 Å². The van der Waals surface area contributed by atoms with Crippen LogP contribution in [0.25, 0.3) is 6.08 Å². The monoisotopic (exact) mass is 312 g/mol. The number of nitrogens with zero attached hydrogens (tertiary/aromatic N) is 4. The lowest BCUT2D eigenvalue weighted by Gasteiger charge is -2.33. The lowest BCUT2D eigenvalue weighted by Crippen LogP contribution is -2.47. The van der Waals surface area contributed by atoms with E-state index in [2.05, 4.69) is 15.2 Å². The van der Waals surface area contributed by atoms with Gasteiger partial charge < -0.3 is 4.90 Å². The third-order valence-corrected chi connectivity index (χ3v) is 4.02. The molecule has 0 saturated carbocycles. The van der Waals surface area contributed by atoms with Gasteiger partial charge in [0.25, 0.3) is 0 Å². The van der Waals surface area contributed by atoms with Crippen LogP contribution in [-0.4, -0.2) is 52.2 Å². The Balaban J connectivity index is 1.49. The van der Waals surface area contributed by atoms with Gasteiger partial charge in [-0.3, -0.25) is 9.69 Å². The highest BCUT2D eigenvalue weighted by atomic mass is 16.6. The van der Waals surface area contributed by atoms with Crippen LogP contribution in [0.1, 0.15) is 17.0 Å². The van der Waals surface area contributed by atoms with Crippen molar-refractivity contribution in [1.82, 2.24) is 20.1 Å². The summed E-state index contributed by atoms with van der Waals surface area (Å²) in [6.45, 7) is 5.72. The lowest BCUT2D eigenvalue weighted by atomic mass is 10.2. The van der Waals surface area contributed by atoms with Crippen LogP contribution >= 0.6 is 0 Å². The van der Waals surface area contributed by atoms with Crippen LogP contribution in [0, 0.1) is 6.92 Å². The number of carbonyl (C=O) groups excluding carboxylic acids is 1. The summed E-state index contributed by atoms with van der Waals surface area (Å²) in [4.78, 5) is 16.4. The summed E-state index contributed by atoms with van der Waals surface area (Å²) in [5.41, 5.74) is 2.73. The highest BCUT2D eigenvalue weighted by Crippen LogP contribution is 2.10. The highest BCUT2D eigenvalue weighted by molar-refractivity contribution is 5.91. The minimum atomic E-state index is 0.0628. The zero-order chi connectivity index (χ0) is 16.1. The summed E-state index contributed by atoms with van der Waals surface area (Å²) in [5.74, 6) is 0.0628. The Hall–Kier alpha value is -2.47. The van der Waals surface area contributed by atoms with Gasteiger partial charge in [-0.15, -0.1) is 0 Å². The molecule has 1 aromatic carbocycles. The number of rotatable bonds is 4. The van der Waals surface area contributed by atoms with Gasteiger partial charge in [0.15, 0.2) is 0 Å². The molecule has 2 heterocycles. The van der Waals surface area contributed by atoms with Gasteiger partial charge in [0.2, 0.25) is 5.91 Å². The number of carbonyl (C=O) groups is 1. The lowest BCUT2D eigenvalue weighted by molar-refractivity contribution is -0.127. The second kappa shape index (κ2) is 7.19. The van der Waals surface area contributed by atoms with E-state index in [9.17, 15) is 4.79 Å². The fourth-order valence-electron chi connectivity index (χ4n) is 2.57. The molecule has 23 heavy (non-hydrogen) atoms. The maximum absolute atomic E-state index is 12.2. The number of amides is 1. The topological polar surface area (TPSA) is 62.5 Å². The Morgan fingerprint density at radius 1 is 1.17 bits per heavy atom. The van der Waals surface area contributed by atoms with Gasteiger partial charge >= 0.3 is 0 Å². The van der Waals surface area contributed by atoms with Crippen LogP contribution in [0.2, 0.25) is 0 Å². The van der Waals surface area contributed by atoms with E-state index in [1.807, 2.05) is 48.2 Å². The molecule has 0 aliphatic carbocycles. The maximum Gasteiger partial charge on any atom is 0.246 e. The van der Waals surface area contributed by atoms with Gasteiger partial charge in [-0.05, 0) is 18.6 Å². The van der Waals surface area contributed by atoms with Crippen LogP contribution < -0.4 is 0 Å². The highest BCUT2D eigenvalue weighted by Gasteiger charge is 2.21. The molecule has 1 amide bonds. The number of hydrogen-bond acceptors (Lipinski definition) is 5. The van der Waals surface area contributed by atoms with Crippen LogP contribution in [0.15, 0.2) is 41.0 Å². The first kappa shape index (κ1) is 15.4. The van der Waals surface area contributed by atoms with Gasteiger partial charge in [-0.25, -0.2) is 4.63 Å². The predicted molar refractivity (Wildman–Crippen MR) is 86.4 cm³/mol. The van der Waals surface area contributed by atoms with Gasteiger partial charge in [0.05, 0.1) is 0 Å². The number of aryl methyl sites for hydroxylation is 1. The standard InChI is InChI=1S/C17H20N4O2/c1-14-16(19-23-18-14)13-20-9-11-21(12-10-20)17(22)8-7-15-5-3-2-4-6-15/h2-8H,9-13H2,1H3/b8-7+. The maximum atomic E-state index is 12.2. The summed E-state index contributed by atoms with van der Waals surface area (Å²) in [7, 11) is 0. The van der Waals surface area contributed by atoms with E-state index < -0.39 is 0 Å². The molecule has 1 saturated heterocycles. The molecule has 120 valence electrons. The molecule has 1 aromatic heterocycles. The van der Waals surface area contributed by atoms with E-state index in [1.165, 1.54) is 0 Å². The van der Waals surface area contributed by atoms with E-state index in [0.29, 0.717) is 0 Å². The molecule has 0 radical (unpaired) electrons. The minimum Gasteiger partial charge on any atom is -0.337 e. The first-order valence-corrected chi connectivity index (χ1v) is 7.75. The summed E-state index contributed by atoms with van der Waals surface area (Å²) in [6, 6.07) is 9.85. The zero-order valence-corrected chi connectivity index (χ0v) is 13.2. The van der Waals surface area contributed by atoms with Crippen molar-refractivity contribution in [1.29, 1.82) is 0 Å². The predicted octanol–water partition coefficient (Wildman–Crippen LogP) is 1.74. The van der Waals surface area contributed by atoms with Gasteiger partial charge in [0, 0.05) is 38.8 Å². The van der Waals surface area contributed by atoms with Crippen LogP contribution in [-0.2, 0) is 11.3 Å². The SMILES string of the molecule is Cc1nonc1CN1CCN(C(=O)/C=C/c2ccccc2)CC1. The van der Waals surface area contributed by atoms with E-state index in [4.69, 9.17) is 4.63 Å². The molecule has 3 rings (SSSR count). The van der Waals surface area contributed by atoms with Crippen molar-refractivity contribution < 1.29 is 9.42 Å². The minimum absolute atomic E-state index is 0.0628. The Bertz CT molecular complexity index is 673. The van der Waals surface area contributed by atoms with Crippen molar-refractivity contribution in [2.75, 3.05) is 26.2 Å². The normalized spacial score (nSPS) is 16.1. The summed E-state index contributed by atoms with van der Waals surface area (Å²) in [5, 5.41) is 7.70. The van der Waals surface area contributed by atoms with Crippen molar-refractivity contribution in [3.05, 3.63) is 53.4 Å². The molecule has 1 fully saturated rings. The molecule has 1 aliphatic heterocycles. The number of piperazine rings is 1. The molecule has 2 aromatic rings. The van der Waals surface area contributed by atoms with Crippen molar-refractivity contribution >= 4 is 12.0 Å². The van der Waals surface area contributed by atoms with E-state index in [1.54, 1.807) is 6.08 Å². The smallest absolute Gasteiger partial charge is 0.246 e. The molecular weight excluding hydrogens is 292 g/mol. The quantitative estimate of drug-likeness (QED) is 0.805. The van der Waals surface area contributed by atoms with E-state index in [0.717, 1.165) is 49.7 Å². The van der Waals surface area contributed by atoms with Crippen LogP contribution in [0.4, 0.5) is 0 Å². The molecular formula is C17H20N4O2. The molecule has 6 heteroatoms. The number of hydrogen-bond donors (Lipinski definition) is 0. The van der Waals surface area contributed by atoms with E-state index >= 15 is 0 Å². The fourth-order valence-corrected chi connectivity index (χ4v) is 2.57. The molecule has 0 bridgehead atoms. The summed E-state index contributed by atoms with van der Waals surface area (Å²) in [6.07, 6.45) is 3.51. The number of benzene rings is 1. The van der Waals surface area contributed by atoms with Gasteiger partial charge in [0.1, 0.15) is 11.4 Å². The van der Waals surface area contributed by atoms with E-state index in [-0.39, 0.29) is 5.91 Å². The first-order chi connectivity index (χ1) is 11.2. The Morgan fingerprint density at radius 3 is 2.57 bits per heavy atom. The zero-order valence-electron chi connectivity index (χ0n) is 13.2. The summed E-state index contributed by atoms with van der Waals surface area (Å²) >= 11 is 0. The van der Waals surface area contributed by atoms with Crippen LogP contribution in [0.5, 0.6) is 0 Å². The average Bonchev–Trinajstić information content (AvgIpc) is 2.99. The molecule has 1 aliphatic rings. The molecule has 0 N–H and O–H groups in total. The van der Waals surface area contributed by atoms with Crippen LogP contribution in [0.3, 0.4) is 0 Å². The first-order valence-electron chi connectivity index (χ1n) is 7.75. The van der Waals surface area contributed by atoms with Crippen molar-refractivity contribution in [2.24, 2.45) is 0 Å². The van der Waals surface area contributed by atoms with Crippen molar-refractivity contribution in [2.45, 2.75) is 13.5 Å². The van der Waals surface area contributed by atoms with Gasteiger partial charge in [-0.1, -0.05) is 40.6 Å². The Labute approximate surface area is 135 Å². The van der Waals surface area contributed by atoms with Crippen molar-refractivity contribution in [3.63, 3.8) is 0 Å². The second-order valence-electron chi connectivity index (χ2n) is 5.64. The molecule has 6 nitrogen and oxygen atoms in total. The third-order valence-electron chi connectivity index (χ3n) is 4.02. The Morgan fingerprint density at radius 2 is 1.91 bits per heavy atom. The molecule has 0 unspecified atom stereocenters. The largest absolute Gasteiger partial charge is 0.337 e.